The molecule has 0 aromatic carbocycles. The predicted molar refractivity (Wildman–Crippen MR) is 79.3 cm³/mol. The van der Waals surface area contributed by atoms with Gasteiger partial charge in [-0.05, 0) is 38.5 Å². The fourth-order valence-electron chi connectivity index (χ4n) is 3.77. The molecule has 0 aliphatic carbocycles. The van der Waals surface area contributed by atoms with Crippen LogP contribution in [0.1, 0.15) is 65.7 Å². The number of rotatable bonds is 5. The Morgan fingerprint density at radius 2 is 1.90 bits per heavy atom. The molecule has 0 N–H and O–H groups in total. The molecule has 2 saturated heterocycles. The Kier molecular flexibility index (Phi) is 5.06. The van der Waals surface area contributed by atoms with E-state index in [-0.39, 0.29) is 29.9 Å². The smallest absolute Gasteiger partial charge is 0.246 e. The monoisotopic (exact) mass is 280 g/mol. The molecule has 0 aromatic heterocycles. The largest absolute Gasteiger partial charge is 0.329 e. The minimum absolute atomic E-state index is 0.176. The molecule has 2 heterocycles. The summed E-state index contributed by atoms with van der Waals surface area (Å²) in [5, 5.41) is 0. The lowest BCUT2D eigenvalue weighted by Crippen LogP contribution is -2.67. The van der Waals surface area contributed by atoms with E-state index in [1.54, 1.807) is 0 Å². The van der Waals surface area contributed by atoms with Crippen molar-refractivity contribution in [1.29, 1.82) is 0 Å². The van der Waals surface area contributed by atoms with Gasteiger partial charge in [0.15, 0.2) is 0 Å². The topological polar surface area (TPSA) is 40.6 Å². The van der Waals surface area contributed by atoms with E-state index in [0.717, 1.165) is 51.5 Å². The van der Waals surface area contributed by atoms with Gasteiger partial charge in [0.1, 0.15) is 12.1 Å². The zero-order chi connectivity index (χ0) is 14.7. The highest BCUT2D eigenvalue weighted by Crippen LogP contribution is 2.30. The van der Waals surface area contributed by atoms with Gasteiger partial charge < -0.3 is 9.80 Å². The van der Waals surface area contributed by atoms with Gasteiger partial charge in [-0.3, -0.25) is 9.59 Å². The Balaban J connectivity index is 2.28. The van der Waals surface area contributed by atoms with Crippen LogP contribution in [-0.4, -0.2) is 46.3 Å². The molecule has 0 bridgehead atoms. The lowest BCUT2D eigenvalue weighted by Gasteiger charge is -2.49. The maximum atomic E-state index is 12.9. The molecule has 3 atom stereocenters. The molecule has 0 aromatic rings. The van der Waals surface area contributed by atoms with Crippen molar-refractivity contribution in [3.63, 3.8) is 0 Å². The number of hydrogen-bond donors (Lipinski definition) is 0. The first-order chi connectivity index (χ1) is 9.65. The molecule has 4 heteroatoms. The first-order valence-electron chi connectivity index (χ1n) is 8.28. The van der Waals surface area contributed by atoms with Crippen molar-refractivity contribution in [3.05, 3.63) is 0 Å². The van der Waals surface area contributed by atoms with Gasteiger partial charge in [0.25, 0.3) is 0 Å². The molecule has 2 fully saturated rings. The van der Waals surface area contributed by atoms with Crippen molar-refractivity contribution in [2.45, 2.75) is 83.8 Å². The second-order valence-electron chi connectivity index (χ2n) is 6.06. The second kappa shape index (κ2) is 6.59. The molecule has 2 aliphatic heterocycles. The van der Waals surface area contributed by atoms with Crippen LogP contribution in [0.2, 0.25) is 0 Å². The Morgan fingerprint density at radius 3 is 2.50 bits per heavy atom. The maximum Gasteiger partial charge on any atom is 0.246 e. The third kappa shape index (κ3) is 2.57. The summed E-state index contributed by atoms with van der Waals surface area (Å²) in [5.41, 5.74) is 0. The molecule has 2 rings (SSSR count). The number of carbonyl (C=O) groups is 2. The lowest BCUT2D eigenvalue weighted by molar-refractivity contribution is -0.167. The van der Waals surface area contributed by atoms with E-state index in [1.807, 2.05) is 16.7 Å². The molecular weight excluding hydrogens is 252 g/mol. The van der Waals surface area contributed by atoms with Crippen LogP contribution >= 0.6 is 0 Å². The highest BCUT2D eigenvalue weighted by atomic mass is 16.2. The highest BCUT2D eigenvalue weighted by Gasteiger charge is 2.47. The van der Waals surface area contributed by atoms with Crippen LogP contribution in [0.5, 0.6) is 0 Å². The van der Waals surface area contributed by atoms with E-state index >= 15 is 0 Å². The van der Waals surface area contributed by atoms with Gasteiger partial charge in [-0.1, -0.05) is 27.2 Å². The molecule has 3 unspecified atom stereocenters. The van der Waals surface area contributed by atoms with Gasteiger partial charge in [0.2, 0.25) is 11.8 Å². The van der Waals surface area contributed by atoms with Gasteiger partial charge in [0.05, 0.1) is 0 Å². The number of hydrogen-bond acceptors (Lipinski definition) is 2. The summed E-state index contributed by atoms with van der Waals surface area (Å²) in [4.78, 5) is 29.4. The molecule has 114 valence electrons. The molecular formula is C16H28N2O2. The van der Waals surface area contributed by atoms with Crippen molar-refractivity contribution < 1.29 is 9.59 Å². The average Bonchev–Trinajstić information content (AvgIpc) is 2.48. The third-order valence-corrected chi connectivity index (χ3v) is 4.82. The van der Waals surface area contributed by atoms with Gasteiger partial charge in [-0.15, -0.1) is 0 Å². The normalized spacial score (nSPS) is 28.6. The fraction of sp³-hybridized carbons (Fsp3) is 0.875. The summed E-state index contributed by atoms with van der Waals surface area (Å²) in [7, 11) is 0. The SMILES string of the molecule is CCCC(CC)N1C(=O)C2CCCCN2C(=O)C1CC. The molecule has 4 nitrogen and oxygen atoms in total. The molecule has 0 saturated carbocycles. The zero-order valence-corrected chi connectivity index (χ0v) is 13.1. The Labute approximate surface area is 122 Å². The zero-order valence-electron chi connectivity index (χ0n) is 13.1. The van der Waals surface area contributed by atoms with Crippen LogP contribution in [0.15, 0.2) is 0 Å². The second-order valence-corrected chi connectivity index (χ2v) is 6.06. The molecule has 2 aliphatic rings. The minimum atomic E-state index is -0.228. The van der Waals surface area contributed by atoms with Crippen LogP contribution in [0.4, 0.5) is 0 Å². The van der Waals surface area contributed by atoms with Gasteiger partial charge in [-0.2, -0.15) is 0 Å². The summed E-state index contributed by atoms with van der Waals surface area (Å²) in [5.74, 6) is 0.391. The lowest BCUT2D eigenvalue weighted by atomic mass is 9.91. The van der Waals surface area contributed by atoms with Crippen molar-refractivity contribution >= 4 is 11.8 Å². The quantitative estimate of drug-likeness (QED) is 0.776. The summed E-state index contributed by atoms with van der Waals surface area (Å²) >= 11 is 0. The molecule has 20 heavy (non-hydrogen) atoms. The average molecular weight is 280 g/mol. The summed E-state index contributed by atoms with van der Waals surface area (Å²) < 4.78 is 0. The van der Waals surface area contributed by atoms with Crippen molar-refractivity contribution in [3.8, 4) is 0 Å². The van der Waals surface area contributed by atoms with Crippen molar-refractivity contribution in [2.24, 2.45) is 0 Å². The summed E-state index contributed by atoms with van der Waals surface area (Å²) in [6, 6.07) is -0.177. The predicted octanol–water partition coefficient (Wildman–Crippen LogP) is 2.57. The van der Waals surface area contributed by atoms with E-state index in [9.17, 15) is 9.59 Å². The van der Waals surface area contributed by atoms with E-state index in [0.29, 0.717) is 0 Å². The molecule has 0 radical (unpaired) electrons. The van der Waals surface area contributed by atoms with Gasteiger partial charge in [0, 0.05) is 12.6 Å². The maximum absolute atomic E-state index is 12.9. The van der Waals surface area contributed by atoms with E-state index < -0.39 is 0 Å². The van der Waals surface area contributed by atoms with Crippen LogP contribution in [0.25, 0.3) is 0 Å². The number of piperazine rings is 1. The van der Waals surface area contributed by atoms with Crippen LogP contribution in [0.3, 0.4) is 0 Å². The fourth-order valence-corrected chi connectivity index (χ4v) is 3.77. The summed E-state index contributed by atoms with van der Waals surface area (Å²) in [6.45, 7) is 7.06. The van der Waals surface area contributed by atoms with Gasteiger partial charge in [-0.25, -0.2) is 0 Å². The van der Waals surface area contributed by atoms with Crippen molar-refractivity contribution in [2.75, 3.05) is 6.54 Å². The third-order valence-electron chi connectivity index (χ3n) is 4.82. The highest BCUT2D eigenvalue weighted by molar-refractivity contribution is 5.97. The van der Waals surface area contributed by atoms with E-state index in [4.69, 9.17) is 0 Å². The first-order valence-corrected chi connectivity index (χ1v) is 8.28. The minimum Gasteiger partial charge on any atom is -0.329 e. The van der Waals surface area contributed by atoms with Crippen molar-refractivity contribution in [1.82, 2.24) is 9.80 Å². The molecule has 0 spiro atoms. The first kappa shape index (κ1) is 15.3. The Morgan fingerprint density at radius 1 is 1.15 bits per heavy atom. The molecule has 2 amide bonds. The van der Waals surface area contributed by atoms with E-state index in [2.05, 4.69) is 13.8 Å². The van der Waals surface area contributed by atoms with Crippen LogP contribution in [0, 0.1) is 0 Å². The number of fused-ring (bicyclic) bond motifs is 1. The van der Waals surface area contributed by atoms with Crippen LogP contribution in [-0.2, 0) is 9.59 Å². The number of amides is 2. The van der Waals surface area contributed by atoms with Gasteiger partial charge >= 0.3 is 0 Å². The number of nitrogens with zero attached hydrogens (tertiary/aromatic N) is 2. The number of piperidine rings is 1. The van der Waals surface area contributed by atoms with Crippen LogP contribution < -0.4 is 0 Å². The Bertz CT molecular complexity index is 369. The summed E-state index contributed by atoms with van der Waals surface area (Å²) in [6.07, 6.45) is 6.68. The number of carbonyl (C=O) groups excluding carboxylic acids is 2. The Hall–Kier alpha value is -1.06. The standard InChI is InChI=1S/C16H28N2O2/c1-4-9-12(5-2)18-13(6-3)15(19)17-11-8-7-10-14(17)16(18)20/h12-14H,4-11H2,1-3H3. The van der Waals surface area contributed by atoms with E-state index in [1.165, 1.54) is 0 Å².